The van der Waals surface area contributed by atoms with Gasteiger partial charge in [0.2, 0.25) is 5.91 Å². The van der Waals surface area contributed by atoms with Crippen molar-refractivity contribution in [3.8, 4) is 0 Å². The van der Waals surface area contributed by atoms with Crippen LogP contribution in [0.4, 0.5) is 0 Å². The van der Waals surface area contributed by atoms with Crippen LogP contribution in [0.15, 0.2) is 12.2 Å². The van der Waals surface area contributed by atoms with Crippen molar-refractivity contribution < 1.29 is 9.90 Å². The first-order chi connectivity index (χ1) is 20.5. The quantitative estimate of drug-likeness (QED) is 0.0590. The first kappa shape index (κ1) is 41.2. The number of rotatable bonds is 33. The monoisotopic (exact) mass is 591 g/mol. The fourth-order valence-corrected chi connectivity index (χ4v) is 5.80. The number of carbonyl (C=O) groups excluding carboxylic acids is 1. The summed E-state index contributed by atoms with van der Waals surface area (Å²) in [5.41, 5.74) is 0. The molecule has 0 aliphatic carbocycles. The second-order valence-electron chi connectivity index (χ2n) is 13.6. The maximum atomic E-state index is 12.4. The largest absolute Gasteiger partial charge is 0.393 e. The number of unbranched alkanes of at least 4 members (excludes halogenated alkanes) is 20. The van der Waals surface area contributed by atoms with E-state index >= 15 is 0 Å². The van der Waals surface area contributed by atoms with Crippen LogP contribution in [0.5, 0.6) is 0 Å². The van der Waals surface area contributed by atoms with Crippen LogP contribution in [0.3, 0.4) is 0 Å². The Morgan fingerprint density at radius 1 is 0.595 bits per heavy atom. The fraction of sp³-hybridized carbons (Fsp3) is 0.897. The van der Waals surface area contributed by atoms with E-state index in [1.54, 1.807) is 0 Å². The van der Waals surface area contributed by atoms with Crippen LogP contribution in [0.25, 0.3) is 0 Å². The molecule has 2 N–H and O–H groups in total. The summed E-state index contributed by atoms with van der Waals surface area (Å²) < 4.78 is 0. The van der Waals surface area contributed by atoms with Crippen molar-refractivity contribution in [1.29, 1.82) is 0 Å². The molecule has 249 valence electrons. The predicted molar refractivity (Wildman–Crippen MR) is 187 cm³/mol. The highest BCUT2D eigenvalue weighted by Gasteiger charge is 2.11. The van der Waals surface area contributed by atoms with E-state index in [1.807, 2.05) is 0 Å². The van der Waals surface area contributed by atoms with Gasteiger partial charge in [-0.1, -0.05) is 175 Å². The van der Waals surface area contributed by atoms with Gasteiger partial charge in [0.25, 0.3) is 0 Å². The zero-order chi connectivity index (χ0) is 30.9. The summed E-state index contributed by atoms with van der Waals surface area (Å²) in [5, 5.41) is 13.2. The van der Waals surface area contributed by atoms with Gasteiger partial charge in [0.15, 0.2) is 0 Å². The number of amides is 1. The Balaban J connectivity index is 3.49. The average Bonchev–Trinajstić information content (AvgIpc) is 2.97. The molecular formula is C39H76NO2. The Kier molecular flexibility index (Phi) is 32.4. The molecule has 1 radical (unpaired) electrons. The van der Waals surface area contributed by atoms with Gasteiger partial charge in [0, 0.05) is 6.42 Å². The lowest BCUT2D eigenvalue weighted by molar-refractivity contribution is -0.121. The Hall–Kier alpha value is -0.830. The lowest BCUT2D eigenvalue weighted by atomic mass is 10.0. The lowest BCUT2D eigenvalue weighted by Crippen LogP contribution is -2.27. The van der Waals surface area contributed by atoms with E-state index in [2.05, 4.69) is 45.2 Å². The molecule has 0 aromatic carbocycles. The average molecular weight is 591 g/mol. The molecule has 1 amide bonds. The van der Waals surface area contributed by atoms with E-state index in [0.717, 1.165) is 57.3 Å². The molecule has 42 heavy (non-hydrogen) atoms. The summed E-state index contributed by atoms with van der Waals surface area (Å²) in [6, 6.07) is 1.24. The van der Waals surface area contributed by atoms with E-state index in [9.17, 15) is 9.90 Å². The molecular weight excluding hydrogens is 514 g/mol. The summed E-state index contributed by atoms with van der Waals surface area (Å²) in [7, 11) is 0. The zero-order valence-corrected chi connectivity index (χ0v) is 29.2. The summed E-state index contributed by atoms with van der Waals surface area (Å²) >= 11 is 0. The minimum atomic E-state index is -0.164. The number of aliphatic hydroxyl groups is 1. The minimum Gasteiger partial charge on any atom is -0.393 e. The van der Waals surface area contributed by atoms with Gasteiger partial charge in [0.1, 0.15) is 0 Å². The molecule has 0 unspecified atom stereocenters. The van der Waals surface area contributed by atoms with Crippen molar-refractivity contribution in [1.82, 2.24) is 5.32 Å². The molecule has 0 bridgehead atoms. The molecule has 1 atom stereocenters. The molecule has 0 aliphatic rings. The van der Waals surface area contributed by atoms with Gasteiger partial charge in [0.05, 0.1) is 12.1 Å². The van der Waals surface area contributed by atoms with Crippen LogP contribution in [0.1, 0.15) is 214 Å². The highest BCUT2D eigenvalue weighted by Crippen LogP contribution is 2.17. The van der Waals surface area contributed by atoms with Crippen molar-refractivity contribution >= 4 is 5.91 Å². The highest BCUT2D eigenvalue weighted by molar-refractivity contribution is 5.77. The smallest absolute Gasteiger partial charge is 0.220 e. The molecule has 0 saturated heterocycles. The number of carbonyl (C=O) groups is 1. The maximum Gasteiger partial charge on any atom is 0.220 e. The van der Waals surface area contributed by atoms with Crippen LogP contribution >= 0.6 is 0 Å². The van der Waals surface area contributed by atoms with Crippen LogP contribution in [-0.2, 0) is 4.79 Å². The molecule has 0 saturated carbocycles. The Morgan fingerprint density at radius 2 is 1.07 bits per heavy atom. The van der Waals surface area contributed by atoms with Crippen molar-refractivity contribution in [2.24, 2.45) is 5.92 Å². The topological polar surface area (TPSA) is 49.3 Å². The number of nitrogens with one attached hydrogen (secondary N) is 1. The summed E-state index contributed by atoms with van der Waals surface area (Å²) in [4.78, 5) is 12.4. The van der Waals surface area contributed by atoms with Crippen molar-refractivity contribution in [3.05, 3.63) is 18.2 Å². The summed E-state index contributed by atoms with van der Waals surface area (Å²) in [5.74, 6) is 1.09. The Bertz CT molecular complexity index is 573. The fourth-order valence-electron chi connectivity index (χ4n) is 5.80. The van der Waals surface area contributed by atoms with E-state index in [4.69, 9.17) is 0 Å². The van der Waals surface area contributed by atoms with Gasteiger partial charge in [-0.15, -0.1) is 0 Å². The molecule has 0 fully saturated rings. The third kappa shape index (κ3) is 32.1. The number of allylic oxidation sites excluding steroid dienone is 1. The van der Waals surface area contributed by atoms with Gasteiger partial charge >= 0.3 is 0 Å². The molecule has 0 aromatic heterocycles. The van der Waals surface area contributed by atoms with E-state index in [1.165, 1.54) is 134 Å². The van der Waals surface area contributed by atoms with Crippen LogP contribution in [0, 0.1) is 12.0 Å². The molecule has 0 aliphatic heterocycles. The normalized spacial score (nSPS) is 12.6. The van der Waals surface area contributed by atoms with Crippen molar-refractivity contribution in [2.75, 3.05) is 0 Å². The molecule has 0 rings (SSSR count). The summed E-state index contributed by atoms with van der Waals surface area (Å²) in [6.45, 7) is 9.06. The van der Waals surface area contributed by atoms with Gasteiger partial charge in [-0.05, 0) is 50.9 Å². The second-order valence-corrected chi connectivity index (χ2v) is 13.6. The van der Waals surface area contributed by atoms with E-state index in [-0.39, 0.29) is 12.0 Å². The van der Waals surface area contributed by atoms with Gasteiger partial charge in [-0.2, -0.15) is 0 Å². The van der Waals surface area contributed by atoms with Gasteiger partial charge in [-0.3, -0.25) is 4.79 Å². The van der Waals surface area contributed by atoms with Crippen LogP contribution in [-0.4, -0.2) is 17.1 Å². The predicted octanol–water partition coefficient (Wildman–Crippen LogP) is 12.6. The molecule has 3 heteroatoms. The molecule has 3 nitrogen and oxygen atoms in total. The van der Waals surface area contributed by atoms with Crippen LogP contribution < -0.4 is 5.32 Å². The molecule has 0 spiro atoms. The second kappa shape index (κ2) is 33.1. The molecule has 0 aromatic rings. The number of aliphatic hydroxyl groups excluding tert-OH is 1. The SMILES string of the molecule is CCCCCC[C@@H](O)C/C=C\CCCCCCCC(=O)N[C](CC)CCCCCCCCCCCCCCCC(C)C. The van der Waals surface area contributed by atoms with E-state index < -0.39 is 0 Å². The van der Waals surface area contributed by atoms with E-state index in [0.29, 0.717) is 6.42 Å². The van der Waals surface area contributed by atoms with Gasteiger partial charge < -0.3 is 10.4 Å². The summed E-state index contributed by atoms with van der Waals surface area (Å²) in [6.07, 6.45) is 40.0. The first-order valence-electron chi connectivity index (χ1n) is 19.0. The highest BCUT2D eigenvalue weighted by atomic mass is 16.3. The maximum absolute atomic E-state index is 12.4. The third-order valence-corrected chi connectivity index (χ3v) is 8.74. The lowest BCUT2D eigenvalue weighted by Gasteiger charge is -2.16. The van der Waals surface area contributed by atoms with Gasteiger partial charge in [-0.25, -0.2) is 0 Å². The molecule has 0 heterocycles. The number of hydrogen-bond donors (Lipinski definition) is 2. The standard InChI is InChI=1S/C39H76NO2/c1-5-7-8-28-33-38(41)34-29-24-20-16-17-21-25-30-35-39(42)40-37(6-2)32-27-23-19-15-13-11-9-10-12-14-18-22-26-31-36(3)4/h24,29,36,38,41H,5-23,25-28,30-35H2,1-4H3,(H,40,42)/b29-24-/t38-/m1/s1. The zero-order valence-electron chi connectivity index (χ0n) is 29.2. The first-order valence-corrected chi connectivity index (χ1v) is 19.0. The van der Waals surface area contributed by atoms with Crippen molar-refractivity contribution in [3.63, 3.8) is 0 Å². The number of hydrogen-bond acceptors (Lipinski definition) is 2. The van der Waals surface area contributed by atoms with Crippen molar-refractivity contribution in [2.45, 2.75) is 220 Å². The Labute approximate surface area is 264 Å². The Morgan fingerprint density at radius 3 is 1.62 bits per heavy atom. The van der Waals surface area contributed by atoms with Crippen LogP contribution in [0.2, 0.25) is 0 Å². The minimum absolute atomic E-state index is 0.164. The third-order valence-electron chi connectivity index (χ3n) is 8.74.